The fourth-order valence-electron chi connectivity index (χ4n) is 2.88. The monoisotopic (exact) mass is 366 g/mol. The fourth-order valence-corrected chi connectivity index (χ4v) is 2.88. The number of nitrogens with zero attached hydrogens (tertiary/aromatic N) is 2. The van der Waals surface area contributed by atoms with Crippen LogP contribution >= 0.6 is 0 Å². The molecule has 1 fully saturated rings. The number of hydrogen-bond acceptors (Lipinski definition) is 5. The summed E-state index contributed by atoms with van der Waals surface area (Å²) in [6, 6.07) is 4.76. The number of aromatic hydroxyl groups is 1. The number of alkyl halides is 2. The zero-order valence-corrected chi connectivity index (χ0v) is 15.0. The smallest absolute Gasteiger partial charge is 0.266 e. The van der Waals surface area contributed by atoms with Gasteiger partial charge >= 0.3 is 0 Å². The van der Waals surface area contributed by atoms with E-state index < -0.39 is 6.43 Å². The number of halogens is 2. The van der Waals surface area contributed by atoms with Crippen LogP contribution in [-0.4, -0.2) is 60.7 Å². The Bertz CT molecular complexity index is 717. The molecular weight excluding hydrogens is 342 g/mol. The van der Waals surface area contributed by atoms with Crippen LogP contribution in [0, 0.1) is 6.92 Å². The molecule has 26 heavy (non-hydrogen) atoms. The minimum Gasteiger partial charge on any atom is -0.507 e. The molecule has 2 rings (SSSR count). The lowest BCUT2D eigenvalue weighted by Gasteiger charge is -2.34. The summed E-state index contributed by atoms with van der Waals surface area (Å²) in [5.41, 5.74) is 1.26. The van der Waals surface area contributed by atoms with Crippen LogP contribution < -0.4 is 0 Å². The number of ether oxygens (including phenoxy) is 1. The van der Waals surface area contributed by atoms with Crippen molar-refractivity contribution in [2.75, 3.05) is 26.3 Å². The first-order valence-electron chi connectivity index (χ1n) is 8.32. The van der Waals surface area contributed by atoms with Crippen molar-refractivity contribution in [2.45, 2.75) is 26.4 Å². The average molecular weight is 366 g/mol. The molecule has 0 amide bonds. The maximum atomic E-state index is 13.7. The van der Waals surface area contributed by atoms with Gasteiger partial charge in [0, 0.05) is 29.9 Å². The van der Waals surface area contributed by atoms with Gasteiger partial charge in [0.15, 0.2) is 0 Å². The first kappa shape index (κ1) is 20.1. The molecule has 1 atom stereocenters. The number of phenols is 1. The molecule has 142 valence electrons. The zero-order valence-electron chi connectivity index (χ0n) is 15.0. The van der Waals surface area contributed by atoms with Gasteiger partial charge in [0.05, 0.1) is 25.0 Å². The Hall–Kier alpha value is -2.25. The molecule has 1 aromatic rings. The molecule has 1 saturated heterocycles. The maximum absolute atomic E-state index is 13.7. The van der Waals surface area contributed by atoms with E-state index in [1.54, 1.807) is 26.0 Å². The van der Waals surface area contributed by atoms with E-state index in [1.807, 2.05) is 4.90 Å². The summed E-state index contributed by atoms with van der Waals surface area (Å²) in [5.74, 6) is -0.122. The molecule has 1 aliphatic heterocycles. The van der Waals surface area contributed by atoms with Gasteiger partial charge in [-0.25, -0.2) is 8.78 Å². The number of aliphatic hydroxyl groups excluding tert-OH is 1. The van der Waals surface area contributed by atoms with Gasteiger partial charge in [-0.15, -0.1) is 0 Å². The van der Waals surface area contributed by atoms with E-state index in [2.05, 4.69) is 11.7 Å². The summed E-state index contributed by atoms with van der Waals surface area (Å²) >= 11 is 0. The van der Waals surface area contributed by atoms with Gasteiger partial charge in [-0.05, 0) is 44.3 Å². The number of aryl methyl sites for hydroxylation is 1. The lowest BCUT2D eigenvalue weighted by atomic mass is 10.0. The summed E-state index contributed by atoms with van der Waals surface area (Å²) in [7, 11) is 0. The lowest BCUT2D eigenvalue weighted by Crippen LogP contribution is -2.43. The van der Waals surface area contributed by atoms with Crippen LogP contribution in [-0.2, 0) is 4.74 Å². The highest BCUT2D eigenvalue weighted by atomic mass is 19.3. The third-order valence-electron chi connectivity index (χ3n) is 4.28. The Morgan fingerprint density at radius 1 is 1.50 bits per heavy atom. The van der Waals surface area contributed by atoms with E-state index in [9.17, 15) is 19.0 Å². The lowest BCUT2D eigenvalue weighted by molar-refractivity contribution is -0.0430. The van der Waals surface area contributed by atoms with Gasteiger partial charge in [-0.2, -0.15) is 0 Å². The van der Waals surface area contributed by atoms with Gasteiger partial charge < -0.3 is 19.8 Å². The van der Waals surface area contributed by atoms with Crippen molar-refractivity contribution in [3.05, 3.63) is 46.7 Å². The Morgan fingerprint density at radius 2 is 2.23 bits per heavy atom. The third kappa shape index (κ3) is 4.68. The fraction of sp³-hybridized carbons (Fsp3) is 0.421. The number of rotatable bonds is 6. The van der Waals surface area contributed by atoms with Crippen LogP contribution in [0.5, 0.6) is 5.75 Å². The first-order chi connectivity index (χ1) is 12.4. The summed E-state index contributed by atoms with van der Waals surface area (Å²) in [6.07, 6.45) is -1.78. The number of aliphatic hydroxyl groups is 1. The average Bonchev–Trinajstić information content (AvgIpc) is 2.62. The highest BCUT2D eigenvalue weighted by molar-refractivity contribution is 5.77. The quantitative estimate of drug-likeness (QED) is 0.600. The normalized spacial score (nSPS) is 19.5. The van der Waals surface area contributed by atoms with Crippen LogP contribution in [0.15, 0.2) is 40.5 Å². The molecule has 0 aliphatic carbocycles. The maximum Gasteiger partial charge on any atom is 0.266 e. The van der Waals surface area contributed by atoms with Crippen LogP contribution in [0.25, 0.3) is 5.70 Å². The van der Waals surface area contributed by atoms with Crippen molar-refractivity contribution in [1.82, 2.24) is 4.90 Å². The predicted octanol–water partition coefficient (Wildman–Crippen LogP) is 2.97. The second-order valence-electron chi connectivity index (χ2n) is 6.19. The largest absolute Gasteiger partial charge is 0.507 e. The van der Waals surface area contributed by atoms with Crippen molar-refractivity contribution >= 4 is 12.4 Å². The van der Waals surface area contributed by atoms with Crippen molar-refractivity contribution in [1.29, 1.82) is 0 Å². The minimum absolute atomic E-state index is 0.0520. The Morgan fingerprint density at radius 3 is 2.81 bits per heavy atom. The van der Waals surface area contributed by atoms with Gasteiger partial charge in [-0.1, -0.05) is 6.07 Å². The minimum atomic E-state index is -2.79. The highest BCUT2D eigenvalue weighted by Crippen LogP contribution is 2.32. The highest BCUT2D eigenvalue weighted by Gasteiger charge is 2.23. The van der Waals surface area contributed by atoms with Crippen molar-refractivity contribution in [2.24, 2.45) is 4.99 Å². The zero-order chi connectivity index (χ0) is 19.3. The molecule has 1 heterocycles. The molecule has 1 aliphatic rings. The molecule has 1 aromatic carbocycles. The Labute approximate surface area is 151 Å². The molecule has 0 radical (unpaired) electrons. The molecule has 0 bridgehead atoms. The second kappa shape index (κ2) is 8.91. The van der Waals surface area contributed by atoms with Crippen LogP contribution in [0.4, 0.5) is 8.78 Å². The number of phenolic OH excluding ortho intramolecular Hbond substituents is 1. The number of allylic oxidation sites excluding steroid dienone is 3. The molecule has 5 nitrogen and oxygen atoms in total. The summed E-state index contributed by atoms with van der Waals surface area (Å²) in [5, 5.41) is 19.4. The SMILES string of the molecule is C=N/C(=C(\C=C(/C)N1CCOC(CO)C1)C(F)F)c1ccc(C)cc1O. The van der Waals surface area contributed by atoms with Crippen LogP contribution in [0.2, 0.25) is 0 Å². The predicted molar refractivity (Wildman–Crippen MR) is 97.5 cm³/mol. The topological polar surface area (TPSA) is 65.3 Å². The molecule has 0 spiro atoms. The molecule has 1 unspecified atom stereocenters. The van der Waals surface area contributed by atoms with Crippen LogP contribution in [0.1, 0.15) is 18.1 Å². The standard InChI is InChI=1S/C19H24F2N2O3/c1-12-4-5-15(17(25)8-12)18(22-3)16(19(20)21)9-13(2)23-6-7-26-14(10-23)11-24/h4-5,8-9,14,19,24-25H,3,6-7,10-11H2,1-2H3/b13-9+,18-16+. The molecule has 0 saturated carbocycles. The van der Waals surface area contributed by atoms with Crippen molar-refractivity contribution < 1.29 is 23.7 Å². The summed E-state index contributed by atoms with van der Waals surface area (Å²) < 4.78 is 32.9. The Kier molecular flexibility index (Phi) is 6.88. The number of benzene rings is 1. The van der Waals surface area contributed by atoms with Gasteiger partial charge in [0.2, 0.25) is 0 Å². The van der Waals surface area contributed by atoms with E-state index in [1.165, 1.54) is 12.1 Å². The van der Waals surface area contributed by atoms with Crippen molar-refractivity contribution in [3.63, 3.8) is 0 Å². The van der Waals surface area contributed by atoms with E-state index >= 15 is 0 Å². The molecule has 7 heteroatoms. The number of morpholine rings is 1. The molecular formula is C19H24F2N2O3. The van der Waals surface area contributed by atoms with E-state index in [4.69, 9.17) is 4.74 Å². The van der Waals surface area contributed by atoms with Gasteiger partial charge in [-0.3, -0.25) is 4.99 Å². The number of hydrogen-bond donors (Lipinski definition) is 2. The van der Waals surface area contributed by atoms with Gasteiger partial charge in [0.1, 0.15) is 5.75 Å². The van der Waals surface area contributed by atoms with Crippen LogP contribution in [0.3, 0.4) is 0 Å². The molecule has 2 N–H and O–H groups in total. The van der Waals surface area contributed by atoms with E-state index in [-0.39, 0.29) is 35.3 Å². The Balaban J connectivity index is 2.44. The first-order valence-corrected chi connectivity index (χ1v) is 8.32. The van der Waals surface area contributed by atoms with E-state index in [0.717, 1.165) is 5.56 Å². The second-order valence-corrected chi connectivity index (χ2v) is 6.19. The third-order valence-corrected chi connectivity index (χ3v) is 4.28. The number of aliphatic imine (C=N–C) groups is 1. The summed E-state index contributed by atoms with van der Waals surface area (Å²) in [4.78, 5) is 5.64. The van der Waals surface area contributed by atoms with E-state index in [0.29, 0.717) is 25.4 Å². The van der Waals surface area contributed by atoms with Crippen molar-refractivity contribution in [3.8, 4) is 5.75 Å². The summed E-state index contributed by atoms with van der Waals surface area (Å²) in [6.45, 7) is 8.16. The van der Waals surface area contributed by atoms with Gasteiger partial charge in [0.25, 0.3) is 6.43 Å². The molecule has 0 aromatic heterocycles.